The summed E-state index contributed by atoms with van der Waals surface area (Å²) in [5, 5.41) is 0. The lowest BCUT2D eigenvalue weighted by molar-refractivity contribution is 0.0471. The van der Waals surface area contributed by atoms with Crippen LogP contribution in [0, 0.1) is 6.57 Å². The summed E-state index contributed by atoms with van der Waals surface area (Å²) in [5.41, 5.74) is 4.34. The number of nitrogens with zero attached hydrogens (tertiary/aromatic N) is 1. The van der Waals surface area contributed by atoms with Gasteiger partial charge in [0.15, 0.2) is 17.2 Å². The lowest BCUT2D eigenvalue weighted by Gasteiger charge is -2.19. The summed E-state index contributed by atoms with van der Waals surface area (Å²) in [4.78, 5) is 16.8. The highest BCUT2D eigenvalue weighted by Crippen LogP contribution is 2.41. The molecule has 0 saturated heterocycles. The van der Waals surface area contributed by atoms with E-state index in [1.54, 1.807) is 24.3 Å². The van der Waals surface area contributed by atoms with Gasteiger partial charge in [-0.1, -0.05) is 255 Å². The van der Waals surface area contributed by atoms with Crippen LogP contribution in [0.25, 0.3) is 4.85 Å². The third-order valence-electron chi connectivity index (χ3n) is 14.9. The summed E-state index contributed by atoms with van der Waals surface area (Å²) in [5.74, 6) is 3.36. The van der Waals surface area contributed by atoms with E-state index in [4.69, 9.17) is 39.7 Å². The molecule has 9 heteroatoms. The van der Waals surface area contributed by atoms with Gasteiger partial charge in [-0.2, -0.15) is 0 Å². The van der Waals surface area contributed by atoms with Crippen LogP contribution in [0.2, 0.25) is 0 Å². The van der Waals surface area contributed by atoms with Crippen LogP contribution in [0.4, 0.5) is 5.69 Å². The molecule has 0 N–H and O–H groups in total. The summed E-state index contributed by atoms with van der Waals surface area (Å²) in [7, 11) is 0. The van der Waals surface area contributed by atoms with Gasteiger partial charge < -0.3 is 33.2 Å². The lowest BCUT2D eigenvalue weighted by atomic mass is 10.1. The molecule has 0 atom stereocenters. The second-order valence-electron chi connectivity index (χ2n) is 22.0. The van der Waals surface area contributed by atoms with E-state index < -0.39 is 5.97 Å². The van der Waals surface area contributed by atoms with Gasteiger partial charge in [-0.25, -0.2) is 9.64 Å². The predicted octanol–water partition coefficient (Wildman–Crippen LogP) is 21.2. The Morgan fingerprint density at radius 3 is 0.975 bits per heavy atom. The summed E-state index contributed by atoms with van der Waals surface area (Å²) in [6.45, 7) is 16.9. The minimum absolute atomic E-state index is 0.0485. The van der Waals surface area contributed by atoms with Gasteiger partial charge in [0.2, 0.25) is 5.75 Å². The third kappa shape index (κ3) is 28.9. The molecule has 5 aromatic rings. The number of ether oxygens (including phenoxy) is 7. The zero-order chi connectivity index (χ0) is 57.1. The summed E-state index contributed by atoms with van der Waals surface area (Å²) < 4.78 is 44.3. The molecule has 0 aliphatic rings. The van der Waals surface area contributed by atoms with Crippen LogP contribution in [0.1, 0.15) is 246 Å². The Morgan fingerprint density at radius 2 is 0.654 bits per heavy atom. The number of hydrogen-bond acceptors (Lipinski definition) is 8. The van der Waals surface area contributed by atoms with Crippen molar-refractivity contribution < 1.29 is 38.0 Å². The monoisotopic (exact) mass is 1110 g/mol. The van der Waals surface area contributed by atoms with Crippen LogP contribution in [-0.2, 0) is 31.2 Å². The second kappa shape index (κ2) is 42.7. The zero-order valence-corrected chi connectivity index (χ0v) is 50.3. The van der Waals surface area contributed by atoms with E-state index in [0.717, 1.165) is 53.2 Å². The lowest BCUT2D eigenvalue weighted by Crippen LogP contribution is -2.08. The van der Waals surface area contributed by atoms with Crippen molar-refractivity contribution in [2.45, 2.75) is 240 Å². The Labute approximate surface area is 490 Å². The van der Waals surface area contributed by atoms with E-state index in [0.29, 0.717) is 53.9 Å². The maximum atomic E-state index is 13.3. The van der Waals surface area contributed by atoms with Gasteiger partial charge in [-0.3, -0.25) is 0 Å². The molecule has 0 spiro atoms. The Hall–Kier alpha value is -6.14. The number of hydrogen-bond donors (Lipinski definition) is 0. The summed E-state index contributed by atoms with van der Waals surface area (Å²) >= 11 is 0. The number of unbranched alkanes of at least 4 members (excludes halogenated alkanes) is 27. The fraction of sp³-hybridized carbons (Fsp3) is 0.556. The molecule has 0 radical (unpaired) electrons. The molecule has 0 unspecified atom stereocenters. The van der Waals surface area contributed by atoms with Crippen LogP contribution >= 0.6 is 0 Å². The minimum atomic E-state index is -0.501. The Kier molecular flexibility index (Phi) is 34.6. The first-order chi connectivity index (χ1) is 40.0. The first kappa shape index (κ1) is 65.7. The molecule has 442 valence electrons. The van der Waals surface area contributed by atoms with Crippen LogP contribution in [0.5, 0.6) is 34.5 Å². The van der Waals surface area contributed by atoms with Gasteiger partial charge in [0, 0.05) is 0 Å². The van der Waals surface area contributed by atoms with Crippen molar-refractivity contribution in [1.82, 2.24) is 0 Å². The van der Waals surface area contributed by atoms with Crippen LogP contribution in [0.3, 0.4) is 0 Å². The molecule has 5 rings (SSSR count). The molecule has 81 heavy (non-hydrogen) atoms. The van der Waals surface area contributed by atoms with Crippen LogP contribution < -0.4 is 28.4 Å². The second-order valence-corrected chi connectivity index (χ2v) is 22.0. The molecule has 9 nitrogen and oxygen atoms in total. The van der Waals surface area contributed by atoms with Gasteiger partial charge in [0.05, 0.1) is 32.0 Å². The third-order valence-corrected chi connectivity index (χ3v) is 14.9. The summed E-state index contributed by atoms with van der Waals surface area (Å²) in [6, 6.07) is 34.3. The van der Waals surface area contributed by atoms with Crippen LogP contribution in [-0.4, -0.2) is 25.8 Å². The highest BCUT2D eigenvalue weighted by Gasteiger charge is 2.19. The quantitative estimate of drug-likeness (QED) is 0.0216. The minimum Gasteiger partial charge on any atom is -0.494 e. The number of rotatable bonds is 48. The smallest absolute Gasteiger partial charge is 0.338 e. The van der Waals surface area contributed by atoms with Crippen molar-refractivity contribution in [3.63, 3.8) is 0 Å². The van der Waals surface area contributed by atoms with E-state index in [-0.39, 0.29) is 26.4 Å². The van der Waals surface area contributed by atoms with E-state index in [1.165, 1.54) is 173 Å². The molecule has 0 aromatic heterocycles. The Bertz CT molecular complexity index is 2320. The van der Waals surface area contributed by atoms with Gasteiger partial charge >= 0.3 is 5.97 Å². The first-order valence-electron chi connectivity index (χ1n) is 31.8. The molecule has 5 aromatic carbocycles. The number of carbonyl (C=O) groups excluding carboxylic acids is 1. The van der Waals surface area contributed by atoms with Crippen molar-refractivity contribution in [1.29, 1.82) is 0 Å². The molecule has 0 aliphatic heterocycles. The molecular weight excluding hydrogens is 1010 g/mol. The fourth-order valence-corrected chi connectivity index (χ4v) is 9.84. The maximum absolute atomic E-state index is 13.3. The van der Waals surface area contributed by atoms with Crippen molar-refractivity contribution >= 4 is 11.7 Å². The maximum Gasteiger partial charge on any atom is 0.338 e. The standard InChI is InChI=1S/C72H101NO8/c1-5-8-11-14-17-20-23-26-29-32-51-75-66-45-35-60(36-46-66)56-78-69-54-63(59-81-72(74)64-41-43-65(73-4)44-42-64)55-70(79-57-61-37-47-67(48-38-61)76-52-33-30-27-24-21-18-15-12-9-6-2)71(69)80-58-62-39-49-68(50-40-62)77-53-34-31-28-25-22-19-16-13-10-7-3/h35-50,54-55H,5-34,51-53,56-59H2,1-3H3. The van der Waals surface area contributed by atoms with Gasteiger partial charge in [0.1, 0.15) is 43.7 Å². The SMILES string of the molecule is [C-]#[N+]c1ccc(C(=O)OCc2cc(OCc3ccc(OCCCCCCCCCCCC)cc3)c(OCc3ccc(OCCCCCCCCCCCC)cc3)c(OCc3ccc(OCCCCCCCCCCCC)cc3)c2)cc1. The van der Waals surface area contributed by atoms with E-state index in [9.17, 15) is 4.79 Å². The van der Waals surface area contributed by atoms with Crippen molar-refractivity contribution in [2.24, 2.45) is 0 Å². The number of esters is 1. The highest BCUT2D eigenvalue weighted by molar-refractivity contribution is 5.89. The van der Waals surface area contributed by atoms with Crippen molar-refractivity contribution in [3.05, 3.63) is 148 Å². The number of benzene rings is 5. The predicted molar refractivity (Wildman–Crippen MR) is 333 cm³/mol. The van der Waals surface area contributed by atoms with Gasteiger partial charge in [0.25, 0.3) is 0 Å². The topological polar surface area (TPSA) is 86.0 Å². The molecule has 0 fully saturated rings. The normalized spacial score (nSPS) is 11.0. The molecule has 0 aliphatic carbocycles. The molecule has 0 bridgehead atoms. The average molecular weight is 1110 g/mol. The number of carbonyl (C=O) groups is 1. The first-order valence-corrected chi connectivity index (χ1v) is 31.8. The molecule has 0 saturated carbocycles. The largest absolute Gasteiger partial charge is 0.494 e. The molecular formula is C72H101NO8. The Morgan fingerprint density at radius 1 is 0.346 bits per heavy atom. The van der Waals surface area contributed by atoms with Gasteiger partial charge in [-0.05, 0) is 90.0 Å². The fourth-order valence-electron chi connectivity index (χ4n) is 9.84. The van der Waals surface area contributed by atoms with Gasteiger partial charge in [-0.15, -0.1) is 0 Å². The highest BCUT2D eigenvalue weighted by atomic mass is 16.5. The van der Waals surface area contributed by atoms with Crippen LogP contribution in [0.15, 0.2) is 109 Å². The van der Waals surface area contributed by atoms with E-state index >= 15 is 0 Å². The summed E-state index contributed by atoms with van der Waals surface area (Å²) in [6.07, 6.45) is 38.6. The molecule has 0 amide bonds. The van der Waals surface area contributed by atoms with Crippen molar-refractivity contribution in [2.75, 3.05) is 19.8 Å². The van der Waals surface area contributed by atoms with E-state index in [1.807, 2.05) is 84.9 Å². The van der Waals surface area contributed by atoms with E-state index in [2.05, 4.69) is 25.6 Å². The zero-order valence-electron chi connectivity index (χ0n) is 50.3. The average Bonchev–Trinajstić information content (AvgIpc) is 3.53. The Balaban J connectivity index is 1.24. The molecule has 0 heterocycles. The van der Waals surface area contributed by atoms with Crippen molar-refractivity contribution in [3.8, 4) is 34.5 Å².